The molecule has 1 aromatic heterocycles. The minimum Gasteiger partial charge on any atom is -0.468 e. The molecule has 0 aliphatic heterocycles. The van der Waals surface area contributed by atoms with Crippen LogP contribution in [-0.2, 0) is 16.0 Å². The highest BCUT2D eigenvalue weighted by Gasteiger charge is 2.53. The Morgan fingerprint density at radius 2 is 2.18 bits per heavy atom. The van der Waals surface area contributed by atoms with Crippen molar-refractivity contribution in [1.82, 2.24) is 4.98 Å². The summed E-state index contributed by atoms with van der Waals surface area (Å²) < 4.78 is 3.56. The van der Waals surface area contributed by atoms with Gasteiger partial charge in [-0.1, -0.05) is 29.4 Å². The fourth-order valence-electron chi connectivity index (χ4n) is 2.54. The second-order valence-electron chi connectivity index (χ2n) is 4.90. The molecule has 0 amide bonds. The molecule has 0 N–H and O–H groups in total. The monoisotopic (exact) mass is 333 g/mol. The molecule has 0 fully saturated rings. The van der Waals surface area contributed by atoms with E-state index in [4.69, 9.17) is 16.3 Å². The Labute approximate surface area is 136 Å². The SMILES string of the molecule is COC(=O)[C@]1(Sc2ccccn2)Cc2cc(Cl)ccc2C1=O. The van der Waals surface area contributed by atoms with Crippen LogP contribution >= 0.6 is 23.4 Å². The number of rotatable bonds is 3. The van der Waals surface area contributed by atoms with Gasteiger partial charge in [-0.3, -0.25) is 9.59 Å². The molecule has 0 radical (unpaired) electrons. The van der Waals surface area contributed by atoms with E-state index in [0.717, 1.165) is 17.3 Å². The molecule has 22 heavy (non-hydrogen) atoms. The molecule has 0 bridgehead atoms. The van der Waals surface area contributed by atoms with Crippen LogP contribution in [0.5, 0.6) is 0 Å². The van der Waals surface area contributed by atoms with E-state index >= 15 is 0 Å². The molecule has 1 atom stereocenters. The smallest absolute Gasteiger partial charge is 0.330 e. The molecule has 0 saturated carbocycles. The van der Waals surface area contributed by atoms with E-state index < -0.39 is 10.7 Å². The molecule has 0 saturated heterocycles. The minimum absolute atomic E-state index is 0.246. The number of hydrogen-bond donors (Lipinski definition) is 0. The summed E-state index contributed by atoms with van der Waals surface area (Å²) in [6.07, 6.45) is 1.87. The number of carbonyl (C=O) groups is 2. The van der Waals surface area contributed by atoms with Gasteiger partial charge >= 0.3 is 5.97 Å². The number of esters is 1. The first-order valence-corrected chi connectivity index (χ1v) is 7.78. The van der Waals surface area contributed by atoms with Gasteiger partial charge in [-0.2, -0.15) is 0 Å². The Morgan fingerprint density at radius 1 is 1.36 bits per heavy atom. The zero-order valence-electron chi connectivity index (χ0n) is 11.7. The summed E-state index contributed by atoms with van der Waals surface area (Å²) in [4.78, 5) is 29.4. The molecular formula is C16H12ClNO3S. The Hall–Kier alpha value is -1.85. The number of ketones is 1. The molecular weight excluding hydrogens is 322 g/mol. The second kappa shape index (κ2) is 5.74. The van der Waals surface area contributed by atoms with Crippen LogP contribution in [0.1, 0.15) is 15.9 Å². The quantitative estimate of drug-likeness (QED) is 0.638. The van der Waals surface area contributed by atoms with Crippen LogP contribution in [-0.4, -0.2) is 28.6 Å². The van der Waals surface area contributed by atoms with Crippen LogP contribution < -0.4 is 0 Å². The van der Waals surface area contributed by atoms with E-state index in [9.17, 15) is 9.59 Å². The fourth-order valence-corrected chi connectivity index (χ4v) is 3.94. The largest absolute Gasteiger partial charge is 0.468 e. The van der Waals surface area contributed by atoms with E-state index in [1.54, 1.807) is 36.5 Å². The minimum atomic E-state index is -1.34. The highest BCUT2D eigenvalue weighted by atomic mass is 35.5. The number of nitrogens with zero attached hydrogens (tertiary/aromatic N) is 1. The van der Waals surface area contributed by atoms with Gasteiger partial charge in [0.2, 0.25) is 0 Å². The van der Waals surface area contributed by atoms with Crippen molar-refractivity contribution in [1.29, 1.82) is 0 Å². The number of hydrogen-bond acceptors (Lipinski definition) is 5. The Morgan fingerprint density at radius 3 is 2.86 bits per heavy atom. The number of carbonyl (C=O) groups excluding carboxylic acids is 2. The first kappa shape index (κ1) is 15.1. The number of thioether (sulfide) groups is 1. The van der Waals surface area contributed by atoms with Crippen LogP contribution in [0.4, 0.5) is 0 Å². The first-order chi connectivity index (χ1) is 10.6. The average Bonchev–Trinajstić information content (AvgIpc) is 2.80. The van der Waals surface area contributed by atoms with Crippen molar-refractivity contribution in [3.05, 3.63) is 58.7 Å². The van der Waals surface area contributed by atoms with E-state index in [2.05, 4.69) is 4.98 Å². The maximum atomic E-state index is 12.8. The van der Waals surface area contributed by atoms with Gasteiger partial charge < -0.3 is 4.74 Å². The lowest BCUT2D eigenvalue weighted by Crippen LogP contribution is -2.42. The summed E-state index contributed by atoms with van der Waals surface area (Å²) in [6.45, 7) is 0. The molecule has 6 heteroatoms. The Bertz CT molecular complexity index is 750. The number of pyridine rings is 1. The lowest BCUT2D eigenvalue weighted by molar-refractivity contribution is -0.141. The van der Waals surface area contributed by atoms with Gasteiger partial charge in [-0.15, -0.1) is 0 Å². The van der Waals surface area contributed by atoms with Gasteiger partial charge in [0.15, 0.2) is 10.5 Å². The van der Waals surface area contributed by atoms with Gasteiger partial charge in [0.05, 0.1) is 12.1 Å². The van der Waals surface area contributed by atoms with Gasteiger partial charge in [-0.25, -0.2) is 4.98 Å². The van der Waals surface area contributed by atoms with Crippen LogP contribution in [0.3, 0.4) is 0 Å². The zero-order chi connectivity index (χ0) is 15.7. The normalized spacial score (nSPS) is 19.8. The van der Waals surface area contributed by atoms with Crippen molar-refractivity contribution in [3.63, 3.8) is 0 Å². The number of halogens is 1. The molecule has 2 aromatic rings. The molecule has 0 spiro atoms. The van der Waals surface area contributed by atoms with Crippen LogP contribution in [0, 0.1) is 0 Å². The summed E-state index contributed by atoms with van der Waals surface area (Å²) in [6, 6.07) is 10.4. The molecule has 1 heterocycles. The van der Waals surface area contributed by atoms with Crippen molar-refractivity contribution in [2.75, 3.05) is 7.11 Å². The summed E-state index contributed by atoms with van der Waals surface area (Å²) in [5.41, 5.74) is 1.27. The number of methoxy groups -OCH3 is 1. The van der Waals surface area contributed by atoms with Crippen molar-refractivity contribution in [3.8, 4) is 0 Å². The zero-order valence-corrected chi connectivity index (χ0v) is 13.3. The highest BCUT2D eigenvalue weighted by molar-refractivity contribution is 8.02. The number of Topliss-reactive ketones (excluding diaryl/α,β-unsaturated/α-hetero) is 1. The predicted molar refractivity (Wildman–Crippen MR) is 84.3 cm³/mol. The van der Waals surface area contributed by atoms with E-state index in [1.807, 2.05) is 6.07 Å². The highest BCUT2D eigenvalue weighted by Crippen LogP contribution is 2.44. The van der Waals surface area contributed by atoms with E-state index in [-0.39, 0.29) is 12.2 Å². The van der Waals surface area contributed by atoms with Gasteiger partial charge in [0.1, 0.15) is 0 Å². The molecule has 1 aliphatic rings. The maximum Gasteiger partial charge on any atom is 0.330 e. The van der Waals surface area contributed by atoms with Gasteiger partial charge in [0.25, 0.3) is 0 Å². The molecule has 4 nitrogen and oxygen atoms in total. The third-order valence-electron chi connectivity index (χ3n) is 3.55. The van der Waals surface area contributed by atoms with Gasteiger partial charge in [0, 0.05) is 23.2 Å². The summed E-state index contributed by atoms with van der Waals surface area (Å²) in [7, 11) is 1.28. The molecule has 3 rings (SSSR count). The average molecular weight is 334 g/mol. The summed E-state index contributed by atoms with van der Waals surface area (Å²) in [5.74, 6) is -0.831. The third-order valence-corrected chi connectivity index (χ3v) is 5.08. The molecule has 1 aromatic carbocycles. The predicted octanol–water partition coefficient (Wildman–Crippen LogP) is 3.18. The lowest BCUT2D eigenvalue weighted by Gasteiger charge is -2.23. The van der Waals surface area contributed by atoms with E-state index in [0.29, 0.717) is 15.6 Å². The van der Waals surface area contributed by atoms with Crippen molar-refractivity contribution in [2.45, 2.75) is 16.2 Å². The number of ether oxygens (including phenoxy) is 1. The van der Waals surface area contributed by atoms with Crippen molar-refractivity contribution >= 4 is 35.1 Å². The van der Waals surface area contributed by atoms with Crippen molar-refractivity contribution < 1.29 is 14.3 Å². The molecule has 1 aliphatic carbocycles. The Balaban J connectivity index is 2.06. The maximum absolute atomic E-state index is 12.8. The number of benzene rings is 1. The first-order valence-electron chi connectivity index (χ1n) is 6.58. The summed E-state index contributed by atoms with van der Waals surface area (Å²) >= 11 is 7.11. The molecule has 112 valence electrons. The Kier molecular flexibility index (Phi) is 3.93. The fraction of sp³-hybridized carbons (Fsp3) is 0.188. The van der Waals surface area contributed by atoms with Crippen LogP contribution in [0.15, 0.2) is 47.6 Å². The topological polar surface area (TPSA) is 56.3 Å². The van der Waals surface area contributed by atoms with E-state index in [1.165, 1.54) is 7.11 Å². The summed E-state index contributed by atoms with van der Waals surface area (Å²) in [5, 5.41) is 1.13. The number of fused-ring (bicyclic) bond motifs is 1. The third kappa shape index (κ3) is 2.40. The second-order valence-corrected chi connectivity index (χ2v) is 6.65. The van der Waals surface area contributed by atoms with Crippen LogP contribution in [0.25, 0.3) is 0 Å². The van der Waals surface area contributed by atoms with Gasteiger partial charge in [-0.05, 0) is 35.9 Å². The number of aromatic nitrogens is 1. The lowest BCUT2D eigenvalue weighted by atomic mass is 10.0. The standard InChI is InChI=1S/C16H12ClNO3S/c1-21-15(20)16(22-13-4-2-3-7-18-13)9-10-8-11(17)5-6-12(10)14(16)19/h2-8H,9H2,1H3/t16-/m0/s1. The van der Waals surface area contributed by atoms with Crippen LogP contribution in [0.2, 0.25) is 5.02 Å². The molecule has 0 unspecified atom stereocenters. The van der Waals surface area contributed by atoms with Crippen molar-refractivity contribution in [2.24, 2.45) is 0 Å².